The number of nitrogens with one attached hydrogen (secondary N) is 1. The van der Waals surface area contributed by atoms with Gasteiger partial charge in [0.05, 0.1) is 4.88 Å². The number of rotatable bonds is 4. The topological polar surface area (TPSA) is 67.6 Å². The van der Waals surface area contributed by atoms with E-state index >= 15 is 0 Å². The predicted octanol–water partition coefficient (Wildman–Crippen LogP) is 2.24. The smallest absolute Gasteiger partial charge is 0.258 e. The van der Waals surface area contributed by atoms with Crippen LogP contribution in [0.1, 0.15) is 33.8 Å². The Labute approximate surface area is 165 Å². The molecule has 2 aliphatic heterocycles. The first-order valence-electron chi connectivity index (χ1n) is 8.55. The number of ether oxygens (including phenoxy) is 1. The van der Waals surface area contributed by atoms with Crippen molar-refractivity contribution in [1.29, 1.82) is 0 Å². The molecular weight excluding hydrogens is 381 g/mol. The molecule has 8 heteroatoms. The van der Waals surface area contributed by atoms with E-state index in [0.29, 0.717) is 22.8 Å². The Morgan fingerprint density at radius 3 is 2.36 bits per heavy atom. The molecule has 1 aromatic heterocycles. The first-order chi connectivity index (χ1) is 11.1. The minimum Gasteiger partial charge on any atom is -0.372 e. The molecule has 0 spiro atoms. The molecule has 0 radical (unpaired) electrons. The number of likely N-dealkylation sites (tertiary alicyclic amines) is 1. The highest BCUT2D eigenvalue weighted by molar-refractivity contribution is 7.14. The highest BCUT2D eigenvalue weighted by Gasteiger charge is 2.54. The van der Waals surface area contributed by atoms with E-state index in [4.69, 9.17) is 10.5 Å². The number of amides is 1. The van der Waals surface area contributed by atoms with E-state index in [2.05, 4.69) is 16.3 Å². The Bertz CT molecular complexity index is 594. The summed E-state index contributed by atoms with van der Waals surface area (Å²) in [5.41, 5.74) is 5.23. The Hall–Kier alpha value is -0.370. The summed E-state index contributed by atoms with van der Waals surface area (Å²) < 4.78 is 6.22. The van der Waals surface area contributed by atoms with E-state index in [1.807, 2.05) is 13.2 Å². The molecule has 1 unspecified atom stereocenters. The Morgan fingerprint density at radius 1 is 1.28 bits per heavy atom. The number of primary amides is 1. The quantitative estimate of drug-likeness (QED) is 0.802. The van der Waals surface area contributed by atoms with Gasteiger partial charge in [-0.3, -0.25) is 9.69 Å². The minimum absolute atomic E-state index is 0. The van der Waals surface area contributed by atoms with E-state index in [0.717, 1.165) is 26.2 Å². The van der Waals surface area contributed by atoms with Crippen LogP contribution in [0.4, 0.5) is 0 Å². The summed E-state index contributed by atoms with van der Waals surface area (Å²) in [5, 5.41) is 3.38. The molecule has 1 aromatic rings. The average molecular weight is 408 g/mol. The SMILES string of the molecule is COC1(c2ccc(C(N)=O)s2)[C@@H]2CCC[C@H]1CN(C1CNC1)C2.Cl.Cl. The van der Waals surface area contributed by atoms with Crippen LogP contribution in [0.25, 0.3) is 0 Å². The highest BCUT2D eigenvalue weighted by atomic mass is 35.5. The summed E-state index contributed by atoms with van der Waals surface area (Å²) >= 11 is 1.53. The zero-order chi connectivity index (χ0) is 16.0. The fraction of sp³-hybridized carbons (Fsp3) is 0.706. The molecule has 5 nitrogen and oxygen atoms in total. The van der Waals surface area contributed by atoms with Gasteiger partial charge in [-0.05, 0) is 25.0 Å². The predicted molar refractivity (Wildman–Crippen MR) is 105 cm³/mol. The maximum Gasteiger partial charge on any atom is 0.258 e. The van der Waals surface area contributed by atoms with Crippen LogP contribution in [0.3, 0.4) is 0 Å². The number of nitrogens with zero attached hydrogens (tertiary/aromatic N) is 1. The van der Waals surface area contributed by atoms with Gasteiger partial charge in [0.15, 0.2) is 0 Å². The van der Waals surface area contributed by atoms with Gasteiger partial charge in [-0.2, -0.15) is 0 Å². The number of carbonyl (C=O) groups is 1. The first kappa shape index (κ1) is 20.9. The maximum absolute atomic E-state index is 11.5. The van der Waals surface area contributed by atoms with Crippen LogP contribution in [-0.4, -0.2) is 50.1 Å². The lowest BCUT2D eigenvalue weighted by Gasteiger charge is -2.57. The summed E-state index contributed by atoms with van der Waals surface area (Å²) in [4.78, 5) is 16.0. The highest BCUT2D eigenvalue weighted by Crippen LogP contribution is 2.53. The number of hydrogen-bond acceptors (Lipinski definition) is 5. The van der Waals surface area contributed by atoms with E-state index < -0.39 is 0 Å². The number of piperidine rings is 1. The fourth-order valence-corrected chi connectivity index (χ4v) is 6.00. The van der Waals surface area contributed by atoms with Gasteiger partial charge in [-0.1, -0.05) is 6.42 Å². The van der Waals surface area contributed by atoms with E-state index in [9.17, 15) is 4.79 Å². The van der Waals surface area contributed by atoms with Crippen LogP contribution in [0.15, 0.2) is 12.1 Å². The zero-order valence-electron chi connectivity index (χ0n) is 14.4. The molecule has 142 valence electrons. The second-order valence-electron chi connectivity index (χ2n) is 7.12. The summed E-state index contributed by atoms with van der Waals surface area (Å²) in [6, 6.07) is 4.62. The number of hydrogen-bond donors (Lipinski definition) is 2. The molecule has 3 aliphatic rings. The third kappa shape index (κ3) is 3.33. The Kier molecular flexibility index (Phi) is 6.79. The van der Waals surface area contributed by atoms with Crippen LogP contribution < -0.4 is 11.1 Å². The van der Waals surface area contributed by atoms with Gasteiger partial charge in [-0.25, -0.2) is 0 Å². The van der Waals surface area contributed by atoms with Gasteiger partial charge in [-0.15, -0.1) is 36.2 Å². The second kappa shape index (κ2) is 8.11. The van der Waals surface area contributed by atoms with Gasteiger partial charge in [0.25, 0.3) is 5.91 Å². The second-order valence-corrected chi connectivity index (χ2v) is 8.20. The lowest BCUT2D eigenvalue weighted by atomic mass is 9.64. The van der Waals surface area contributed by atoms with Crippen molar-refractivity contribution in [2.45, 2.75) is 30.9 Å². The number of fused-ring (bicyclic) bond motifs is 2. The van der Waals surface area contributed by atoms with Gasteiger partial charge in [0.2, 0.25) is 0 Å². The largest absolute Gasteiger partial charge is 0.372 e. The molecule has 2 bridgehead atoms. The molecule has 1 aliphatic carbocycles. The summed E-state index contributed by atoms with van der Waals surface area (Å²) in [7, 11) is 1.84. The van der Waals surface area contributed by atoms with Crippen molar-refractivity contribution in [2.24, 2.45) is 17.6 Å². The molecule has 1 saturated carbocycles. The molecule has 0 aromatic carbocycles. The lowest BCUT2D eigenvalue weighted by Crippen LogP contribution is -2.66. The number of thiophene rings is 1. The summed E-state index contributed by atoms with van der Waals surface area (Å²) in [6.07, 6.45) is 3.68. The monoisotopic (exact) mass is 407 g/mol. The number of nitrogens with two attached hydrogens (primary N) is 1. The molecule has 3 heterocycles. The van der Waals surface area contributed by atoms with Crippen LogP contribution >= 0.6 is 36.2 Å². The van der Waals surface area contributed by atoms with Crippen LogP contribution in [0.2, 0.25) is 0 Å². The maximum atomic E-state index is 11.5. The van der Waals surface area contributed by atoms with Gasteiger partial charge in [0, 0.05) is 56.0 Å². The van der Waals surface area contributed by atoms with E-state index in [1.165, 1.54) is 35.5 Å². The normalized spacial score (nSPS) is 32.2. The molecule has 3 atom stereocenters. The third-order valence-corrected chi connectivity index (χ3v) is 7.31. The standard InChI is InChI=1S/C17H25N3O2S.2ClH/c1-22-17(15-6-5-14(23-15)16(18)21)11-3-2-4-12(17)10-20(9-11)13-7-19-8-13;;/h5-6,11-13,19H,2-4,7-10H2,1H3,(H2,18,21);2*1H/t11-,12+,17?;;. The van der Waals surface area contributed by atoms with Crippen molar-refractivity contribution in [3.05, 3.63) is 21.9 Å². The summed E-state index contributed by atoms with van der Waals surface area (Å²) in [6.45, 7) is 4.43. The van der Waals surface area contributed by atoms with Gasteiger partial charge >= 0.3 is 0 Å². The Balaban J connectivity index is 0.00000113. The molecule has 3 N–H and O–H groups in total. The van der Waals surface area contributed by atoms with Crippen LogP contribution in [0, 0.1) is 11.8 Å². The molecule has 2 saturated heterocycles. The van der Waals surface area contributed by atoms with Crippen LogP contribution in [-0.2, 0) is 10.3 Å². The lowest BCUT2D eigenvalue weighted by molar-refractivity contribution is -0.174. The van der Waals surface area contributed by atoms with Crippen LogP contribution in [0.5, 0.6) is 0 Å². The van der Waals surface area contributed by atoms with E-state index in [1.54, 1.807) is 0 Å². The Morgan fingerprint density at radius 2 is 1.92 bits per heavy atom. The molecule has 1 amide bonds. The zero-order valence-corrected chi connectivity index (χ0v) is 16.9. The summed E-state index contributed by atoms with van der Waals surface area (Å²) in [5.74, 6) is 0.663. The van der Waals surface area contributed by atoms with Crippen molar-refractivity contribution in [2.75, 3.05) is 33.3 Å². The number of carbonyl (C=O) groups excluding carboxylic acids is 1. The first-order valence-corrected chi connectivity index (χ1v) is 9.37. The molecule has 25 heavy (non-hydrogen) atoms. The number of halogens is 2. The van der Waals surface area contributed by atoms with E-state index in [-0.39, 0.29) is 36.3 Å². The van der Waals surface area contributed by atoms with Crippen molar-refractivity contribution in [3.63, 3.8) is 0 Å². The molecule has 4 rings (SSSR count). The van der Waals surface area contributed by atoms with Crippen molar-refractivity contribution in [1.82, 2.24) is 10.2 Å². The number of methoxy groups -OCH3 is 1. The van der Waals surface area contributed by atoms with Gasteiger partial charge < -0.3 is 15.8 Å². The molecule has 3 fully saturated rings. The third-order valence-electron chi connectivity index (χ3n) is 6.08. The van der Waals surface area contributed by atoms with Crippen molar-refractivity contribution < 1.29 is 9.53 Å². The van der Waals surface area contributed by atoms with Gasteiger partial charge in [0.1, 0.15) is 5.60 Å². The van der Waals surface area contributed by atoms with Crippen molar-refractivity contribution in [3.8, 4) is 0 Å². The molecular formula is C17H27Cl2N3O2S. The minimum atomic E-state index is -0.337. The van der Waals surface area contributed by atoms with Crippen molar-refractivity contribution >= 4 is 42.1 Å². The average Bonchev–Trinajstić information content (AvgIpc) is 2.95. The fourth-order valence-electron chi connectivity index (χ4n) is 4.81.